The van der Waals surface area contributed by atoms with Crippen LogP contribution >= 0.6 is 11.6 Å². The largest absolute Gasteiger partial charge is 0.468 e. The summed E-state index contributed by atoms with van der Waals surface area (Å²) in [5, 5.41) is 4.66. The number of halogens is 2. The van der Waals surface area contributed by atoms with Crippen LogP contribution in [0.15, 0.2) is 42.5 Å². The number of H-pyrrole nitrogens is 1. The van der Waals surface area contributed by atoms with Gasteiger partial charge in [0, 0.05) is 28.0 Å². The van der Waals surface area contributed by atoms with E-state index < -0.39 is 11.9 Å². The van der Waals surface area contributed by atoms with Gasteiger partial charge in [-0.2, -0.15) is 0 Å². The Bertz CT molecular complexity index is 970. The van der Waals surface area contributed by atoms with Crippen molar-refractivity contribution in [3.63, 3.8) is 0 Å². The Kier molecular flexibility index (Phi) is 5.82. The summed E-state index contributed by atoms with van der Waals surface area (Å²) in [5.41, 5.74) is 3.69. The minimum atomic E-state index is -0.497. The van der Waals surface area contributed by atoms with Crippen LogP contribution in [0, 0.1) is 5.82 Å². The van der Waals surface area contributed by atoms with Crippen molar-refractivity contribution in [2.24, 2.45) is 0 Å². The summed E-state index contributed by atoms with van der Waals surface area (Å²) in [6.07, 6.45) is 0.515. The van der Waals surface area contributed by atoms with Crippen LogP contribution in [0.2, 0.25) is 5.02 Å². The number of carbonyl (C=O) groups is 1. The highest BCUT2D eigenvalue weighted by atomic mass is 35.5. The Morgan fingerprint density at radius 2 is 1.96 bits per heavy atom. The molecular weight excluding hydrogens is 367 g/mol. The lowest BCUT2D eigenvalue weighted by atomic mass is 9.90. The molecule has 1 aliphatic heterocycles. The minimum absolute atomic E-state index is 0.313. The van der Waals surface area contributed by atoms with E-state index in [0.717, 1.165) is 22.2 Å². The zero-order valence-corrected chi connectivity index (χ0v) is 16.2. The number of ether oxygens (including phenoxy) is 1. The maximum Gasteiger partial charge on any atom is 0.323 e. The predicted molar refractivity (Wildman–Crippen MR) is 106 cm³/mol. The second-order valence-corrected chi connectivity index (χ2v) is 6.52. The Labute approximate surface area is 162 Å². The first-order valence-electron chi connectivity index (χ1n) is 8.97. The van der Waals surface area contributed by atoms with Crippen molar-refractivity contribution in [2.45, 2.75) is 32.4 Å². The number of aromatic nitrogens is 1. The standard InChI is InChI=1S/C19H16ClFN2O2.C2H6/c1-25-19(24)16-9-13-11-4-2-3-5-15(11)22-18(13)17(23-16)12-7-6-10(21)8-14(12)20;1-2/h2-8,16-17,22-23H,9H2,1H3;1-2H3. The Morgan fingerprint density at radius 1 is 1.22 bits per heavy atom. The minimum Gasteiger partial charge on any atom is -0.468 e. The van der Waals surface area contributed by atoms with E-state index in [1.807, 2.05) is 38.1 Å². The van der Waals surface area contributed by atoms with Crippen LogP contribution < -0.4 is 5.32 Å². The number of aromatic amines is 1. The van der Waals surface area contributed by atoms with E-state index in [4.69, 9.17) is 16.3 Å². The number of hydrogen-bond donors (Lipinski definition) is 2. The zero-order valence-electron chi connectivity index (χ0n) is 15.5. The van der Waals surface area contributed by atoms with Gasteiger partial charge in [-0.3, -0.25) is 10.1 Å². The second-order valence-electron chi connectivity index (χ2n) is 6.11. The van der Waals surface area contributed by atoms with Crippen molar-refractivity contribution < 1.29 is 13.9 Å². The van der Waals surface area contributed by atoms with Crippen molar-refractivity contribution in [3.8, 4) is 0 Å². The first kappa shape index (κ1) is 19.4. The molecule has 142 valence electrons. The molecule has 2 unspecified atom stereocenters. The molecule has 1 aliphatic rings. The van der Waals surface area contributed by atoms with Gasteiger partial charge >= 0.3 is 5.97 Å². The molecule has 3 aromatic rings. The average Bonchev–Trinajstić information content (AvgIpc) is 3.07. The molecule has 2 heterocycles. The van der Waals surface area contributed by atoms with Gasteiger partial charge in [0.25, 0.3) is 0 Å². The lowest BCUT2D eigenvalue weighted by molar-refractivity contribution is -0.143. The number of hydrogen-bond acceptors (Lipinski definition) is 3. The van der Waals surface area contributed by atoms with Crippen LogP contribution in [0.3, 0.4) is 0 Å². The van der Waals surface area contributed by atoms with E-state index in [1.54, 1.807) is 6.07 Å². The summed E-state index contributed by atoms with van der Waals surface area (Å²) < 4.78 is 18.4. The van der Waals surface area contributed by atoms with Gasteiger partial charge in [-0.15, -0.1) is 0 Å². The number of benzene rings is 2. The van der Waals surface area contributed by atoms with Gasteiger partial charge < -0.3 is 9.72 Å². The van der Waals surface area contributed by atoms with E-state index in [1.165, 1.54) is 19.2 Å². The van der Waals surface area contributed by atoms with Gasteiger partial charge in [0.15, 0.2) is 0 Å². The highest BCUT2D eigenvalue weighted by molar-refractivity contribution is 6.31. The molecule has 0 amide bonds. The van der Waals surface area contributed by atoms with Crippen LogP contribution in [-0.4, -0.2) is 24.1 Å². The van der Waals surface area contributed by atoms with Crippen LogP contribution in [0.25, 0.3) is 10.9 Å². The van der Waals surface area contributed by atoms with Crippen LogP contribution in [0.1, 0.15) is 36.7 Å². The van der Waals surface area contributed by atoms with Crippen molar-refractivity contribution in [1.82, 2.24) is 10.3 Å². The number of carbonyl (C=O) groups excluding carboxylic acids is 1. The number of fused-ring (bicyclic) bond motifs is 3. The SMILES string of the molecule is CC.COC(=O)C1Cc2c([nH]c3ccccc23)C(c2ccc(F)cc2Cl)N1. The first-order chi connectivity index (χ1) is 13.1. The van der Waals surface area contributed by atoms with Gasteiger partial charge in [0.1, 0.15) is 11.9 Å². The van der Waals surface area contributed by atoms with Crippen LogP contribution in [0.5, 0.6) is 0 Å². The van der Waals surface area contributed by atoms with Crippen molar-refractivity contribution in [3.05, 3.63) is 70.1 Å². The predicted octanol–water partition coefficient (Wildman–Crippen LogP) is 4.76. The molecule has 0 radical (unpaired) electrons. The quantitative estimate of drug-likeness (QED) is 0.622. The highest BCUT2D eigenvalue weighted by Gasteiger charge is 2.35. The van der Waals surface area contributed by atoms with Gasteiger partial charge in [-0.1, -0.05) is 49.7 Å². The summed E-state index contributed by atoms with van der Waals surface area (Å²) in [4.78, 5) is 15.6. The molecule has 4 nitrogen and oxygen atoms in total. The maximum atomic E-state index is 13.5. The molecule has 2 atom stereocenters. The van der Waals surface area contributed by atoms with Gasteiger partial charge in [-0.05, 0) is 29.3 Å². The molecule has 0 fully saturated rings. The molecule has 1 aromatic heterocycles. The fourth-order valence-electron chi connectivity index (χ4n) is 3.51. The molecule has 0 aliphatic carbocycles. The normalized spacial score (nSPS) is 18.4. The summed E-state index contributed by atoms with van der Waals surface area (Å²) in [5.74, 6) is -0.731. The number of esters is 1. The van der Waals surface area contributed by atoms with Gasteiger partial charge in [0.2, 0.25) is 0 Å². The molecule has 0 spiro atoms. The molecule has 2 N–H and O–H groups in total. The number of rotatable bonds is 2. The molecule has 2 aromatic carbocycles. The molecular formula is C21H22ClFN2O2. The van der Waals surface area contributed by atoms with E-state index in [2.05, 4.69) is 10.3 Å². The maximum absolute atomic E-state index is 13.5. The fraction of sp³-hybridized carbons (Fsp3) is 0.286. The second kappa shape index (κ2) is 8.11. The molecule has 6 heteroatoms. The third-order valence-corrected chi connectivity index (χ3v) is 5.00. The Morgan fingerprint density at radius 3 is 2.67 bits per heavy atom. The number of para-hydroxylation sites is 1. The fourth-order valence-corrected chi connectivity index (χ4v) is 3.79. The Balaban J connectivity index is 0.00000102. The van der Waals surface area contributed by atoms with Crippen LogP contribution in [0.4, 0.5) is 4.39 Å². The molecule has 0 saturated heterocycles. The molecule has 27 heavy (non-hydrogen) atoms. The highest BCUT2D eigenvalue weighted by Crippen LogP contribution is 2.37. The summed E-state index contributed by atoms with van der Waals surface area (Å²) in [6.45, 7) is 4.00. The third-order valence-electron chi connectivity index (χ3n) is 4.67. The first-order valence-corrected chi connectivity index (χ1v) is 9.34. The van der Waals surface area contributed by atoms with E-state index >= 15 is 0 Å². The van der Waals surface area contributed by atoms with Crippen molar-refractivity contribution >= 4 is 28.5 Å². The Hall–Kier alpha value is -2.37. The van der Waals surface area contributed by atoms with E-state index in [0.29, 0.717) is 17.0 Å². The van der Waals surface area contributed by atoms with Crippen LogP contribution in [-0.2, 0) is 16.0 Å². The average molecular weight is 389 g/mol. The number of nitrogens with one attached hydrogen (secondary N) is 2. The smallest absolute Gasteiger partial charge is 0.323 e. The summed E-state index contributed by atoms with van der Waals surface area (Å²) >= 11 is 6.28. The molecule has 4 rings (SSSR count). The third kappa shape index (κ3) is 3.57. The lowest BCUT2D eigenvalue weighted by Gasteiger charge is -2.30. The molecule has 0 saturated carbocycles. The van der Waals surface area contributed by atoms with Gasteiger partial charge in [0.05, 0.1) is 13.2 Å². The van der Waals surface area contributed by atoms with Gasteiger partial charge in [-0.25, -0.2) is 4.39 Å². The van der Waals surface area contributed by atoms with E-state index in [-0.39, 0.29) is 12.0 Å². The van der Waals surface area contributed by atoms with E-state index in [9.17, 15) is 9.18 Å². The summed E-state index contributed by atoms with van der Waals surface area (Å²) in [7, 11) is 1.37. The monoisotopic (exact) mass is 388 g/mol. The van der Waals surface area contributed by atoms with Crippen molar-refractivity contribution in [2.75, 3.05) is 7.11 Å². The lowest BCUT2D eigenvalue weighted by Crippen LogP contribution is -2.45. The van der Waals surface area contributed by atoms with Crippen molar-refractivity contribution in [1.29, 1.82) is 0 Å². The number of methoxy groups -OCH3 is 1. The topological polar surface area (TPSA) is 54.1 Å². The summed E-state index contributed by atoms with van der Waals surface area (Å²) in [6, 6.07) is 11.4. The zero-order chi connectivity index (χ0) is 19.6. The molecule has 0 bridgehead atoms.